The molecule has 49 heavy (non-hydrogen) atoms. The predicted molar refractivity (Wildman–Crippen MR) is 162 cm³/mol. The van der Waals surface area contributed by atoms with Gasteiger partial charge in [-0.2, -0.15) is 39.5 Å². The molecule has 0 aliphatic carbocycles. The first-order chi connectivity index (χ1) is 22.5. The van der Waals surface area contributed by atoms with Gasteiger partial charge < -0.3 is 19.7 Å². The third kappa shape index (κ3) is 10.0. The van der Waals surface area contributed by atoms with E-state index in [4.69, 9.17) is 14.6 Å². The molecule has 0 radical (unpaired) electrons. The maximum absolute atomic E-state index is 13.9. The summed E-state index contributed by atoms with van der Waals surface area (Å²) in [5, 5.41) is 20.1. The van der Waals surface area contributed by atoms with Crippen LogP contribution in [0.25, 0.3) is 11.1 Å². The molecule has 0 saturated carbocycles. The number of carboxylic acid groups (broad SMARTS) is 1. The van der Waals surface area contributed by atoms with Crippen LogP contribution >= 0.6 is 0 Å². The van der Waals surface area contributed by atoms with Gasteiger partial charge in [0.05, 0.1) is 36.5 Å². The minimum Gasteiger partial charge on any atom is -0.496 e. The molecule has 15 heteroatoms. The number of hydrogen-bond acceptors (Lipinski definition) is 5. The van der Waals surface area contributed by atoms with E-state index in [0.29, 0.717) is 29.0 Å². The molecule has 0 spiro atoms. The summed E-state index contributed by atoms with van der Waals surface area (Å²) in [5.41, 5.74) is -3.74. The summed E-state index contributed by atoms with van der Waals surface area (Å²) in [6.07, 6.45) is -17.0. The lowest BCUT2D eigenvalue weighted by Gasteiger charge is -2.36. The molecule has 0 heterocycles. The van der Waals surface area contributed by atoms with Gasteiger partial charge in [0.15, 0.2) is 0 Å². The molecule has 0 aromatic heterocycles. The van der Waals surface area contributed by atoms with Crippen LogP contribution in [0.3, 0.4) is 0 Å². The number of methoxy groups -OCH3 is 1. The fourth-order valence-corrected chi connectivity index (χ4v) is 5.37. The standard InChI is InChI=1S/C34H36F9NO5/c1-18(2)44(20(4)31(47)21-12-24(33(38,39)40)15-25(13-21)34(41,42)43)17-22-14-23(32(35,36)37)8-9-26(22)27-16-28(19(3)11-29(27)48-5)49-10-6-7-30(45)46/h8-9,11-16,18,20,31,47H,6-7,10,17H2,1-5H3,(H,45,46). The fraction of sp³-hybridized carbons (Fsp3) is 0.441. The van der Waals surface area contributed by atoms with Crippen LogP contribution in [0.2, 0.25) is 0 Å². The third-order valence-electron chi connectivity index (χ3n) is 7.96. The molecule has 0 amide bonds. The summed E-state index contributed by atoms with van der Waals surface area (Å²) >= 11 is 0. The monoisotopic (exact) mass is 709 g/mol. The second-order valence-electron chi connectivity index (χ2n) is 11.8. The topological polar surface area (TPSA) is 79.2 Å². The smallest absolute Gasteiger partial charge is 0.416 e. The minimum absolute atomic E-state index is 0.0287. The highest BCUT2D eigenvalue weighted by Gasteiger charge is 2.39. The van der Waals surface area contributed by atoms with Crippen molar-refractivity contribution in [1.82, 2.24) is 4.90 Å². The Morgan fingerprint density at radius 3 is 1.86 bits per heavy atom. The van der Waals surface area contributed by atoms with Gasteiger partial charge in [0, 0.05) is 30.6 Å². The first-order valence-electron chi connectivity index (χ1n) is 15.0. The van der Waals surface area contributed by atoms with Gasteiger partial charge in [0.1, 0.15) is 11.5 Å². The summed E-state index contributed by atoms with van der Waals surface area (Å²) in [6.45, 7) is 5.96. The fourth-order valence-electron chi connectivity index (χ4n) is 5.37. The van der Waals surface area contributed by atoms with Gasteiger partial charge in [-0.15, -0.1) is 0 Å². The van der Waals surface area contributed by atoms with Gasteiger partial charge >= 0.3 is 24.5 Å². The molecule has 0 aliphatic heterocycles. The third-order valence-corrected chi connectivity index (χ3v) is 7.96. The Labute approximate surface area is 277 Å². The van der Waals surface area contributed by atoms with E-state index in [0.717, 1.165) is 12.1 Å². The number of aliphatic hydroxyl groups is 1. The van der Waals surface area contributed by atoms with Gasteiger partial charge in [-0.25, -0.2) is 0 Å². The summed E-state index contributed by atoms with van der Waals surface area (Å²) in [7, 11) is 1.35. The van der Waals surface area contributed by atoms with Gasteiger partial charge in [-0.3, -0.25) is 9.69 Å². The summed E-state index contributed by atoms with van der Waals surface area (Å²) in [6, 6.07) is 5.05. The second kappa shape index (κ2) is 15.3. The zero-order chi connectivity index (χ0) is 37.1. The normalized spacial score (nSPS) is 13.9. The highest BCUT2D eigenvalue weighted by molar-refractivity contribution is 5.76. The Bertz CT molecular complexity index is 1580. The van der Waals surface area contributed by atoms with Crippen LogP contribution in [0.1, 0.15) is 73.1 Å². The number of hydrogen-bond donors (Lipinski definition) is 2. The van der Waals surface area contributed by atoms with Gasteiger partial charge in [-0.1, -0.05) is 6.07 Å². The Hall–Kier alpha value is -3.98. The molecular weight excluding hydrogens is 673 g/mol. The molecule has 0 aliphatic rings. The van der Waals surface area contributed by atoms with Crippen molar-refractivity contribution in [3.63, 3.8) is 0 Å². The van der Waals surface area contributed by atoms with Crippen LogP contribution in [0.5, 0.6) is 11.5 Å². The van der Waals surface area contributed by atoms with E-state index in [2.05, 4.69) is 0 Å². The van der Waals surface area contributed by atoms with E-state index in [9.17, 15) is 49.4 Å². The molecule has 2 unspecified atom stereocenters. The number of ether oxygens (including phenoxy) is 2. The second-order valence-corrected chi connectivity index (χ2v) is 11.8. The first-order valence-corrected chi connectivity index (χ1v) is 15.0. The lowest BCUT2D eigenvalue weighted by Crippen LogP contribution is -2.42. The highest BCUT2D eigenvalue weighted by Crippen LogP contribution is 2.42. The van der Waals surface area contributed by atoms with E-state index in [1.165, 1.54) is 31.1 Å². The van der Waals surface area contributed by atoms with E-state index < -0.39 is 64.9 Å². The number of rotatable bonds is 13. The SMILES string of the molecule is COc1cc(C)c(OCCCC(=O)O)cc1-c1ccc(C(F)(F)F)cc1CN(C(C)C)C(C)C(O)c1cc(C(F)(F)F)cc(C(F)(F)F)c1. The maximum atomic E-state index is 13.9. The lowest BCUT2D eigenvalue weighted by molar-refractivity contribution is -0.143. The van der Waals surface area contributed by atoms with Gasteiger partial charge in [0.2, 0.25) is 0 Å². The van der Waals surface area contributed by atoms with E-state index in [1.807, 2.05) is 0 Å². The van der Waals surface area contributed by atoms with Crippen molar-refractivity contribution in [3.8, 4) is 22.6 Å². The van der Waals surface area contributed by atoms with Gasteiger partial charge in [0.25, 0.3) is 0 Å². The number of aryl methyl sites for hydroxylation is 1. The Morgan fingerprint density at radius 1 is 0.796 bits per heavy atom. The van der Waals surface area contributed by atoms with Crippen LogP contribution in [-0.2, 0) is 29.9 Å². The molecule has 2 atom stereocenters. The Balaban J connectivity index is 2.14. The summed E-state index contributed by atoms with van der Waals surface area (Å²) < 4.78 is 134. The number of carbonyl (C=O) groups is 1. The van der Waals surface area contributed by atoms with Crippen LogP contribution in [0, 0.1) is 6.92 Å². The van der Waals surface area contributed by atoms with Crippen molar-refractivity contribution < 1.29 is 64.0 Å². The number of benzene rings is 3. The largest absolute Gasteiger partial charge is 0.496 e. The maximum Gasteiger partial charge on any atom is 0.416 e. The number of aliphatic hydroxyl groups excluding tert-OH is 1. The van der Waals surface area contributed by atoms with Crippen molar-refractivity contribution in [2.24, 2.45) is 0 Å². The van der Waals surface area contributed by atoms with Crippen LogP contribution < -0.4 is 9.47 Å². The van der Waals surface area contributed by atoms with E-state index >= 15 is 0 Å². The molecule has 0 bridgehead atoms. The highest BCUT2D eigenvalue weighted by atomic mass is 19.4. The lowest BCUT2D eigenvalue weighted by atomic mass is 9.93. The number of alkyl halides is 9. The quantitative estimate of drug-likeness (QED) is 0.136. The molecule has 3 aromatic rings. The Morgan fingerprint density at radius 2 is 1.37 bits per heavy atom. The summed E-state index contributed by atoms with van der Waals surface area (Å²) in [4.78, 5) is 12.3. The molecule has 0 fully saturated rings. The van der Waals surface area contributed by atoms with Crippen molar-refractivity contribution in [3.05, 3.63) is 81.9 Å². The van der Waals surface area contributed by atoms with Crippen molar-refractivity contribution in [1.29, 1.82) is 0 Å². The summed E-state index contributed by atoms with van der Waals surface area (Å²) in [5.74, 6) is -0.459. The number of carboxylic acids is 1. The number of halogens is 9. The van der Waals surface area contributed by atoms with Crippen molar-refractivity contribution in [2.75, 3.05) is 13.7 Å². The van der Waals surface area contributed by atoms with Crippen molar-refractivity contribution >= 4 is 5.97 Å². The van der Waals surface area contributed by atoms with E-state index in [-0.39, 0.29) is 48.9 Å². The van der Waals surface area contributed by atoms with Crippen LogP contribution in [0.15, 0.2) is 48.5 Å². The first kappa shape index (κ1) is 39.5. The van der Waals surface area contributed by atoms with Crippen LogP contribution in [-0.4, -0.2) is 46.9 Å². The van der Waals surface area contributed by atoms with Gasteiger partial charge in [-0.05, 0) is 98.8 Å². The van der Waals surface area contributed by atoms with Crippen LogP contribution in [0.4, 0.5) is 39.5 Å². The molecule has 0 saturated heterocycles. The molecular formula is C34H36F9NO5. The molecule has 6 nitrogen and oxygen atoms in total. The predicted octanol–water partition coefficient (Wildman–Crippen LogP) is 9.30. The average molecular weight is 710 g/mol. The number of aliphatic carboxylic acids is 1. The molecule has 3 aromatic carbocycles. The Kier molecular flexibility index (Phi) is 12.3. The number of nitrogens with zero attached hydrogens (tertiary/aromatic N) is 1. The van der Waals surface area contributed by atoms with Crippen molar-refractivity contribution in [2.45, 2.75) is 83.8 Å². The molecule has 270 valence electrons. The zero-order valence-electron chi connectivity index (χ0n) is 27.1. The molecule has 2 N–H and O–H groups in total. The minimum atomic E-state index is -5.16. The van der Waals surface area contributed by atoms with E-state index in [1.54, 1.807) is 26.8 Å². The zero-order valence-corrected chi connectivity index (χ0v) is 27.1. The molecule has 3 rings (SSSR count). The average Bonchev–Trinajstić information content (AvgIpc) is 2.99.